The first kappa shape index (κ1) is 16.2. The number of nitrogens with zero attached hydrogens (tertiary/aromatic N) is 1. The Morgan fingerprint density at radius 1 is 1.07 bits per heavy atom. The topological polar surface area (TPSA) is 42.7 Å². The summed E-state index contributed by atoms with van der Waals surface area (Å²) >= 11 is 0. The van der Waals surface area contributed by atoms with Gasteiger partial charge in [0.25, 0.3) is 0 Å². The second kappa shape index (κ2) is 6.62. The number of ether oxygens (including phenoxy) is 1. The predicted octanol–water partition coefficient (Wildman–Crippen LogP) is 5.39. The summed E-state index contributed by atoms with van der Waals surface area (Å²) in [6.07, 6.45) is 6.72. The van der Waals surface area contributed by atoms with Crippen LogP contribution in [0.2, 0.25) is 0 Å². The normalized spacial score (nSPS) is 21.3. The van der Waals surface area contributed by atoms with Crippen LogP contribution in [0.4, 0.5) is 4.79 Å². The lowest BCUT2D eigenvalue weighted by atomic mass is 9.94. The van der Waals surface area contributed by atoms with Crippen molar-refractivity contribution in [1.29, 1.82) is 0 Å². The fourth-order valence-electron chi connectivity index (χ4n) is 4.33. The van der Waals surface area contributed by atoms with Gasteiger partial charge in [-0.1, -0.05) is 54.6 Å². The lowest BCUT2D eigenvalue weighted by Gasteiger charge is -2.33. The van der Waals surface area contributed by atoms with Crippen LogP contribution in [0.1, 0.15) is 30.4 Å². The van der Waals surface area contributed by atoms with Crippen molar-refractivity contribution in [2.45, 2.75) is 38.0 Å². The molecule has 0 saturated carbocycles. The molecule has 4 nitrogen and oxygen atoms in total. The minimum absolute atomic E-state index is 0.107. The van der Waals surface area contributed by atoms with E-state index in [1.165, 1.54) is 5.57 Å². The van der Waals surface area contributed by atoms with Crippen LogP contribution in [0.5, 0.6) is 0 Å². The summed E-state index contributed by atoms with van der Waals surface area (Å²) in [5.41, 5.74) is 4.35. The molecule has 1 fully saturated rings. The Morgan fingerprint density at radius 2 is 1.89 bits per heavy atom. The van der Waals surface area contributed by atoms with Crippen molar-refractivity contribution < 1.29 is 13.9 Å². The summed E-state index contributed by atoms with van der Waals surface area (Å²) in [6.45, 7) is 0.318. The number of hydrogen-bond acceptors (Lipinski definition) is 3. The molecule has 2 aliphatic heterocycles. The van der Waals surface area contributed by atoms with Gasteiger partial charge in [0.1, 0.15) is 12.2 Å². The second-order valence-electron chi connectivity index (χ2n) is 7.29. The quantitative estimate of drug-likeness (QED) is 0.630. The van der Waals surface area contributed by atoms with E-state index in [1.54, 1.807) is 0 Å². The van der Waals surface area contributed by atoms with Crippen LogP contribution in [0, 0.1) is 0 Å². The van der Waals surface area contributed by atoms with Crippen molar-refractivity contribution in [2.75, 3.05) is 0 Å². The monoisotopic (exact) mass is 359 g/mol. The van der Waals surface area contributed by atoms with Crippen LogP contribution in [-0.2, 0) is 11.3 Å². The first-order valence-electron chi connectivity index (χ1n) is 9.46. The molecule has 0 radical (unpaired) electrons. The minimum Gasteiger partial charge on any atom is -0.464 e. The summed E-state index contributed by atoms with van der Waals surface area (Å²) in [7, 11) is 0. The van der Waals surface area contributed by atoms with Crippen molar-refractivity contribution in [3.8, 4) is 0 Å². The zero-order valence-corrected chi connectivity index (χ0v) is 15.0. The SMILES string of the molecule is O=C(OCc1ccccc1)N1C2C=C(c3coc4ccccc34)CC1CC2. The van der Waals surface area contributed by atoms with E-state index in [0.29, 0.717) is 6.61 Å². The predicted molar refractivity (Wildman–Crippen MR) is 104 cm³/mol. The molecule has 136 valence electrons. The molecule has 3 aromatic rings. The number of amides is 1. The number of hydrogen-bond donors (Lipinski definition) is 0. The van der Waals surface area contributed by atoms with Gasteiger partial charge in [0, 0.05) is 17.0 Å². The van der Waals surface area contributed by atoms with E-state index >= 15 is 0 Å². The highest BCUT2D eigenvalue weighted by Gasteiger charge is 2.41. The third-order valence-electron chi connectivity index (χ3n) is 5.64. The molecule has 0 spiro atoms. The molecular weight excluding hydrogens is 338 g/mol. The summed E-state index contributed by atoms with van der Waals surface area (Å²) in [5, 5.41) is 1.14. The molecule has 5 rings (SSSR count). The van der Waals surface area contributed by atoms with Crippen molar-refractivity contribution >= 4 is 22.6 Å². The Kier molecular flexibility index (Phi) is 3.97. The van der Waals surface area contributed by atoms with Crippen LogP contribution >= 0.6 is 0 Å². The molecule has 2 aromatic carbocycles. The molecule has 1 saturated heterocycles. The summed E-state index contributed by atoms with van der Waals surface area (Å²) in [4.78, 5) is 14.6. The van der Waals surface area contributed by atoms with Gasteiger partial charge in [0.2, 0.25) is 0 Å². The van der Waals surface area contributed by atoms with Gasteiger partial charge in [-0.05, 0) is 36.5 Å². The first-order valence-corrected chi connectivity index (χ1v) is 9.46. The molecule has 4 heteroatoms. The maximum absolute atomic E-state index is 12.7. The zero-order chi connectivity index (χ0) is 18.2. The van der Waals surface area contributed by atoms with E-state index in [9.17, 15) is 4.79 Å². The molecule has 1 amide bonds. The average molecular weight is 359 g/mol. The van der Waals surface area contributed by atoms with Gasteiger partial charge in [0.05, 0.1) is 12.3 Å². The molecule has 1 aromatic heterocycles. The van der Waals surface area contributed by atoms with E-state index in [-0.39, 0.29) is 18.2 Å². The first-order chi connectivity index (χ1) is 13.3. The number of rotatable bonds is 3. The number of fused-ring (bicyclic) bond motifs is 3. The molecule has 2 bridgehead atoms. The molecule has 2 atom stereocenters. The lowest BCUT2D eigenvalue weighted by molar-refractivity contribution is 0.0832. The van der Waals surface area contributed by atoms with Crippen LogP contribution in [0.25, 0.3) is 16.5 Å². The van der Waals surface area contributed by atoms with E-state index < -0.39 is 0 Å². The maximum Gasteiger partial charge on any atom is 0.410 e. The van der Waals surface area contributed by atoms with Crippen LogP contribution in [0.15, 0.2) is 71.4 Å². The summed E-state index contributed by atoms with van der Waals surface area (Å²) in [6, 6.07) is 18.2. The van der Waals surface area contributed by atoms with E-state index in [2.05, 4.69) is 12.1 Å². The number of para-hydroxylation sites is 1. The number of carbonyl (C=O) groups excluding carboxylic acids is 1. The Balaban J connectivity index is 1.35. The molecule has 3 heterocycles. The second-order valence-corrected chi connectivity index (χ2v) is 7.29. The van der Waals surface area contributed by atoms with Gasteiger partial charge in [0.15, 0.2) is 0 Å². The smallest absolute Gasteiger partial charge is 0.410 e. The fourth-order valence-corrected chi connectivity index (χ4v) is 4.33. The molecule has 2 unspecified atom stereocenters. The van der Waals surface area contributed by atoms with E-state index in [0.717, 1.165) is 41.4 Å². The zero-order valence-electron chi connectivity index (χ0n) is 15.0. The highest BCUT2D eigenvalue weighted by molar-refractivity contribution is 5.92. The largest absolute Gasteiger partial charge is 0.464 e. The summed E-state index contributed by atoms with van der Waals surface area (Å²) in [5.74, 6) is 0. The fraction of sp³-hybridized carbons (Fsp3) is 0.261. The number of carbonyl (C=O) groups is 1. The Labute approximate surface area is 158 Å². The Bertz CT molecular complexity index is 1000. The van der Waals surface area contributed by atoms with Gasteiger partial charge in [-0.2, -0.15) is 0 Å². The number of benzene rings is 2. The highest BCUT2D eigenvalue weighted by Crippen LogP contribution is 2.41. The standard InChI is InChI=1S/C23H21NO3/c25-23(27-14-16-6-2-1-3-7-16)24-18-10-11-19(24)13-17(12-18)21-15-26-22-9-5-4-8-20(21)22/h1-9,12,15,18-19H,10-11,13-14H2. The van der Waals surface area contributed by atoms with Gasteiger partial charge in [-0.15, -0.1) is 0 Å². The van der Waals surface area contributed by atoms with Gasteiger partial charge >= 0.3 is 6.09 Å². The van der Waals surface area contributed by atoms with E-state index in [1.807, 2.05) is 59.7 Å². The van der Waals surface area contributed by atoms with Crippen molar-refractivity contribution in [3.63, 3.8) is 0 Å². The third-order valence-corrected chi connectivity index (χ3v) is 5.64. The molecule has 0 N–H and O–H groups in total. The Hall–Kier alpha value is -3.01. The van der Waals surface area contributed by atoms with Gasteiger partial charge in [-0.25, -0.2) is 4.79 Å². The van der Waals surface area contributed by atoms with Crippen molar-refractivity contribution in [3.05, 3.63) is 78.1 Å². The van der Waals surface area contributed by atoms with Gasteiger partial charge < -0.3 is 9.15 Å². The number of furan rings is 1. The van der Waals surface area contributed by atoms with Crippen LogP contribution in [0.3, 0.4) is 0 Å². The van der Waals surface area contributed by atoms with Crippen LogP contribution < -0.4 is 0 Å². The molecule has 2 aliphatic rings. The maximum atomic E-state index is 12.7. The average Bonchev–Trinajstić information content (AvgIpc) is 3.25. The highest BCUT2D eigenvalue weighted by atomic mass is 16.6. The molecular formula is C23H21NO3. The molecule has 27 heavy (non-hydrogen) atoms. The van der Waals surface area contributed by atoms with Crippen LogP contribution in [-0.4, -0.2) is 23.1 Å². The summed E-state index contributed by atoms with van der Waals surface area (Å²) < 4.78 is 11.3. The van der Waals surface area contributed by atoms with E-state index in [4.69, 9.17) is 9.15 Å². The lowest BCUT2D eigenvalue weighted by Crippen LogP contribution is -2.43. The molecule has 0 aliphatic carbocycles. The van der Waals surface area contributed by atoms with Crippen molar-refractivity contribution in [1.82, 2.24) is 4.90 Å². The van der Waals surface area contributed by atoms with Gasteiger partial charge in [-0.3, -0.25) is 4.90 Å². The third kappa shape index (κ3) is 2.91. The van der Waals surface area contributed by atoms with Crippen molar-refractivity contribution in [2.24, 2.45) is 0 Å². The minimum atomic E-state index is -0.210. The Morgan fingerprint density at radius 3 is 2.74 bits per heavy atom.